The van der Waals surface area contributed by atoms with Gasteiger partial charge < -0.3 is 24.6 Å². The molecule has 2 aliphatic rings. The van der Waals surface area contributed by atoms with Crippen LogP contribution >= 0.6 is 0 Å². The fourth-order valence-electron chi connectivity index (χ4n) is 2.89. The fraction of sp³-hybridized carbons (Fsp3) is 0.471. The molecule has 0 spiro atoms. The summed E-state index contributed by atoms with van der Waals surface area (Å²) < 4.78 is 10.9. The smallest absolute Gasteiger partial charge is 0.247 e. The third-order valence-electron chi connectivity index (χ3n) is 4.15. The average Bonchev–Trinajstić information content (AvgIpc) is 2.63. The first kappa shape index (κ1) is 15.8. The molecule has 0 saturated carbocycles. The summed E-state index contributed by atoms with van der Waals surface area (Å²) in [5.41, 5.74) is 3.01. The third kappa shape index (κ3) is 3.83. The topological polar surface area (TPSA) is 54.0 Å². The van der Waals surface area contributed by atoms with Gasteiger partial charge in [-0.25, -0.2) is 0 Å². The van der Waals surface area contributed by atoms with E-state index in [1.807, 2.05) is 12.1 Å². The Morgan fingerprint density at radius 2 is 1.65 bits per heavy atom. The summed E-state index contributed by atoms with van der Waals surface area (Å²) >= 11 is 0. The van der Waals surface area contributed by atoms with E-state index in [1.165, 1.54) is 6.08 Å². The Kier molecular flexibility index (Phi) is 5.15. The first-order chi connectivity index (χ1) is 11.3. The zero-order valence-electron chi connectivity index (χ0n) is 13.3. The predicted molar refractivity (Wildman–Crippen MR) is 91.3 cm³/mol. The number of nitrogens with one attached hydrogen (secondary N) is 1. The van der Waals surface area contributed by atoms with E-state index in [0.29, 0.717) is 13.2 Å². The van der Waals surface area contributed by atoms with Gasteiger partial charge in [-0.2, -0.15) is 0 Å². The van der Waals surface area contributed by atoms with Gasteiger partial charge in [0.25, 0.3) is 0 Å². The number of benzene rings is 1. The van der Waals surface area contributed by atoms with E-state index in [9.17, 15) is 4.79 Å². The summed E-state index contributed by atoms with van der Waals surface area (Å²) in [6, 6.07) is 6.17. The molecule has 2 saturated heterocycles. The highest BCUT2D eigenvalue weighted by Gasteiger charge is 2.19. The summed E-state index contributed by atoms with van der Waals surface area (Å²) in [4.78, 5) is 16.3. The number of ether oxygens (including phenoxy) is 2. The molecule has 1 amide bonds. The highest BCUT2D eigenvalue weighted by atomic mass is 16.5. The van der Waals surface area contributed by atoms with Crippen LogP contribution in [-0.2, 0) is 14.3 Å². The number of rotatable bonds is 4. The maximum absolute atomic E-state index is 11.7. The molecule has 0 aliphatic carbocycles. The number of carbonyl (C=O) groups excluding carboxylic acids is 1. The Bertz CT molecular complexity index is 564. The zero-order chi connectivity index (χ0) is 16.1. The van der Waals surface area contributed by atoms with E-state index in [4.69, 9.17) is 9.47 Å². The van der Waals surface area contributed by atoms with Crippen LogP contribution in [0.4, 0.5) is 17.1 Å². The van der Waals surface area contributed by atoms with Crippen LogP contribution in [0, 0.1) is 0 Å². The van der Waals surface area contributed by atoms with E-state index in [-0.39, 0.29) is 5.91 Å². The van der Waals surface area contributed by atoms with Gasteiger partial charge in [0.2, 0.25) is 5.91 Å². The molecule has 0 unspecified atom stereocenters. The number of morpholine rings is 2. The van der Waals surface area contributed by atoms with Crippen molar-refractivity contribution in [3.8, 4) is 0 Å². The normalized spacial score (nSPS) is 18.6. The van der Waals surface area contributed by atoms with Crippen LogP contribution in [0.5, 0.6) is 0 Å². The van der Waals surface area contributed by atoms with E-state index in [2.05, 4.69) is 27.8 Å². The molecule has 0 atom stereocenters. The van der Waals surface area contributed by atoms with Crippen LogP contribution in [0.25, 0.3) is 0 Å². The van der Waals surface area contributed by atoms with Crippen molar-refractivity contribution in [3.63, 3.8) is 0 Å². The van der Waals surface area contributed by atoms with Crippen LogP contribution in [-0.4, -0.2) is 58.5 Å². The molecule has 2 heterocycles. The van der Waals surface area contributed by atoms with Gasteiger partial charge in [-0.15, -0.1) is 0 Å². The highest BCUT2D eigenvalue weighted by molar-refractivity contribution is 6.01. The summed E-state index contributed by atoms with van der Waals surface area (Å²) in [5.74, 6) is -0.196. The number of hydrogen-bond acceptors (Lipinski definition) is 5. The minimum Gasteiger partial charge on any atom is -0.378 e. The van der Waals surface area contributed by atoms with Crippen molar-refractivity contribution in [1.29, 1.82) is 0 Å². The zero-order valence-corrected chi connectivity index (χ0v) is 13.3. The predicted octanol–water partition coefficient (Wildman–Crippen LogP) is 1.48. The molecule has 0 aromatic heterocycles. The van der Waals surface area contributed by atoms with Crippen LogP contribution in [0.15, 0.2) is 30.9 Å². The standard InChI is InChI=1S/C17H23N3O3/c1-2-17(21)18-15-4-3-14(19-5-9-22-10-6-19)13-16(15)20-7-11-23-12-8-20/h2-4,13H,1,5-12H2,(H,18,21). The molecule has 6 nitrogen and oxygen atoms in total. The highest BCUT2D eigenvalue weighted by Crippen LogP contribution is 2.32. The molecule has 1 N–H and O–H groups in total. The Balaban J connectivity index is 1.88. The van der Waals surface area contributed by atoms with Gasteiger partial charge in [0, 0.05) is 31.9 Å². The summed E-state index contributed by atoms with van der Waals surface area (Å²) in [7, 11) is 0. The fourth-order valence-corrected chi connectivity index (χ4v) is 2.89. The van der Waals surface area contributed by atoms with E-state index >= 15 is 0 Å². The van der Waals surface area contributed by atoms with E-state index in [0.717, 1.165) is 56.5 Å². The quantitative estimate of drug-likeness (QED) is 0.853. The second-order valence-electron chi connectivity index (χ2n) is 5.59. The van der Waals surface area contributed by atoms with E-state index in [1.54, 1.807) is 0 Å². The summed E-state index contributed by atoms with van der Waals surface area (Å²) in [6.45, 7) is 9.86. The van der Waals surface area contributed by atoms with Gasteiger partial charge in [-0.3, -0.25) is 4.79 Å². The average molecular weight is 317 g/mol. The van der Waals surface area contributed by atoms with Gasteiger partial charge in [-0.1, -0.05) is 6.58 Å². The number of anilines is 3. The largest absolute Gasteiger partial charge is 0.378 e. The van der Waals surface area contributed by atoms with Gasteiger partial charge >= 0.3 is 0 Å². The molecule has 1 aromatic rings. The summed E-state index contributed by atoms with van der Waals surface area (Å²) in [5, 5.41) is 2.90. The van der Waals surface area contributed by atoms with E-state index < -0.39 is 0 Å². The van der Waals surface area contributed by atoms with Crippen molar-refractivity contribution in [2.45, 2.75) is 0 Å². The molecular formula is C17H23N3O3. The number of nitrogens with zero attached hydrogens (tertiary/aromatic N) is 2. The van der Waals surface area contributed by atoms with Gasteiger partial charge in [0.05, 0.1) is 37.8 Å². The lowest BCUT2D eigenvalue weighted by molar-refractivity contribution is -0.111. The lowest BCUT2D eigenvalue weighted by Gasteiger charge is -2.33. The second-order valence-corrected chi connectivity index (χ2v) is 5.59. The Hall–Kier alpha value is -2.05. The Morgan fingerprint density at radius 1 is 1.04 bits per heavy atom. The van der Waals surface area contributed by atoms with Crippen LogP contribution in [0.2, 0.25) is 0 Å². The molecular weight excluding hydrogens is 294 g/mol. The van der Waals surface area contributed by atoms with Crippen molar-refractivity contribution in [2.75, 3.05) is 67.7 Å². The van der Waals surface area contributed by atoms with Gasteiger partial charge in [0.15, 0.2) is 0 Å². The second kappa shape index (κ2) is 7.48. The minimum atomic E-state index is -0.196. The van der Waals surface area contributed by atoms with Gasteiger partial charge in [-0.05, 0) is 24.3 Å². The SMILES string of the molecule is C=CC(=O)Nc1ccc(N2CCOCC2)cc1N1CCOCC1. The molecule has 3 rings (SSSR count). The first-order valence-electron chi connectivity index (χ1n) is 8.01. The molecule has 0 bridgehead atoms. The molecule has 2 aliphatic heterocycles. The third-order valence-corrected chi connectivity index (χ3v) is 4.15. The molecule has 1 aromatic carbocycles. The number of amides is 1. The lowest BCUT2D eigenvalue weighted by Crippen LogP contribution is -2.38. The number of hydrogen-bond donors (Lipinski definition) is 1. The minimum absolute atomic E-state index is 0.196. The Labute approximate surface area is 136 Å². The monoisotopic (exact) mass is 317 g/mol. The maximum Gasteiger partial charge on any atom is 0.247 e. The van der Waals surface area contributed by atoms with Crippen molar-refractivity contribution >= 4 is 23.0 Å². The number of carbonyl (C=O) groups is 1. The molecule has 124 valence electrons. The van der Waals surface area contributed by atoms with Crippen molar-refractivity contribution in [1.82, 2.24) is 0 Å². The maximum atomic E-state index is 11.7. The molecule has 6 heteroatoms. The molecule has 0 radical (unpaired) electrons. The Morgan fingerprint density at radius 3 is 2.26 bits per heavy atom. The molecule has 2 fully saturated rings. The lowest BCUT2D eigenvalue weighted by atomic mass is 10.1. The van der Waals surface area contributed by atoms with Crippen LogP contribution < -0.4 is 15.1 Å². The van der Waals surface area contributed by atoms with Crippen molar-refractivity contribution in [2.24, 2.45) is 0 Å². The van der Waals surface area contributed by atoms with Gasteiger partial charge in [0.1, 0.15) is 0 Å². The summed E-state index contributed by atoms with van der Waals surface area (Å²) in [6.07, 6.45) is 1.29. The van der Waals surface area contributed by atoms with Crippen LogP contribution in [0.3, 0.4) is 0 Å². The molecule has 23 heavy (non-hydrogen) atoms. The van der Waals surface area contributed by atoms with Crippen molar-refractivity contribution < 1.29 is 14.3 Å². The first-order valence-corrected chi connectivity index (χ1v) is 8.01. The van der Waals surface area contributed by atoms with Crippen LogP contribution in [0.1, 0.15) is 0 Å². The van der Waals surface area contributed by atoms with Crippen molar-refractivity contribution in [3.05, 3.63) is 30.9 Å².